The number of benzene rings is 1. The highest BCUT2D eigenvalue weighted by atomic mass is 16.5. The van der Waals surface area contributed by atoms with Gasteiger partial charge in [-0.3, -0.25) is 0 Å². The molecule has 2 heterocycles. The Kier molecular flexibility index (Phi) is 5.26. The fourth-order valence-corrected chi connectivity index (χ4v) is 2.75. The summed E-state index contributed by atoms with van der Waals surface area (Å²) in [5.41, 5.74) is 1.56. The summed E-state index contributed by atoms with van der Waals surface area (Å²) in [6, 6.07) is 9.69. The molecule has 2 amide bonds. The van der Waals surface area contributed by atoms with E-state index < -0.39 is 12.0 Å². The number of carbonyl (C=O) groups is 2. The molecule has 0 bridgehead atoms. The Morgan fingerprint density at radius 1 is 1.23 bits per heavy atom. The monoisotopic (exact) mass is 356 g/mol. The fourth-order valence-electron chi connectivity index (χ4n) is 2.75. The highest BCUT2D eigenvalue weighted by molar-refractivity contribution is 5.95. The SMILES string of the molecule is CCOc1ccc(C2NC(=O)NC(C)=C2C(=O)OCc2ccco2)cc1. The summed E-state index contributed by atoms with van der Waals surface area (Å²) in [6.07, 6.45) is 1.51. The smallest absolute Gasteiger partial charge is 0.338 e. The van der Waals surface area contributed by atoms with E-state index in [1.54, 1.807) is 31.2 Å². The number of allylic oxidation sites excluding steroid dienone is 1. The molecule has 1 unspecified atom stereocenters. The Morgan fingerprint density at radius 3 is 2.65 bits per heavy atom. The molecule has 0 fully saturated rings. The van der Waals surface area contributed by atoms with Crippen LogP contribution in [0.15, 0.2) is 58.3 Å². The number of esters is 1. The summed E-state index contributed by atoms with van der Waals surface area (Å²) in [5, 5.41) is 5.38. The van der Waals surface area contributed by atoms with Gasteiger partial charge in [-0.15, -0.1) is 0 Å². The minimum absolute atomic E-state index is 0.0204. The Labute approximate surface area is 151 Å². The maximum atomic E-state index is 12.6. The summed E-state index contributed by atoms with van der Waals surface area (Å²) < 4.78 is 15.9. The van der Waals surface area contributed by atoms with Gasteiger partial charge in [-0.25, -0.2) is 9.59 Å². The number of ether oxygens (including phenoxy) is 2. The van der Waals surface area contributed by atoms with Gasteiger partial charge in [0.1, 0.15) is 18.1 Å². The average Bonchev–Trinajstić information content (AvgIpc) is 3.13. The zero-order valence-electron chi connectivity index (χ0n) is 14.6. The van der Waals surface area contributed by atoms with Crippen LogP contribution in [-0.2, 0) is 16.1 Å². The molecule has 2 N–H and O–H groups in total. The maximum Gasteiger partial charge on any atom is 0.338 e. The third-order valence-electron chi connectivity index (χ3n) is 3.94. The number of hydrogen-bond acceptors (Lipinski definition) is 5. The van der Waals surface area contributed by atoms with Gasteiger partial charge in [-0.1, -0.05) is 12.1 Å². The van der Waals surface area contributed by atoms with Crippen LogP contribution in [0.1, 0.15) is 31.2 Å². The fraction of sp³-hybridized carbons (Fsp3) is 0.263. The van der Waals surface area contributed by atoms with Crippen molar-refractivity contribution in [1.82, 2.24) is 10.6 Å². The number of amides is 2. The largest absolute Gasteiger partial charge is 0.494 e. The maximum absolute atomic E-state index is 12.6. The van der Waals surface area contributed by atoms with Gasteiger partial charge in [0.25, 0.3) is 0 Å². The van der Waals surface area contributed by atoms with Gasteiger partial charge in [-0.2, -0.15) is 0 Å². The molecule has 1 aliphatic rings. The van der Waals surface area contributed by atoms with Crippen molar-refractivity contribution in [3.63, 3.8) is 0 Å². The topological polar surface area (TPSA) is 89.8 Å². The predicted octanol–water partition coefficient (Wildman–Crippen LogP) is 3.05. The molecule has 136 valence electrons. The first-order valence-corrected chi connectivity index (χ1v) is 8.29. The first kappa shape index (κ1) is 17.6. The lowest BCUT2D eigenvalue weighted by Crippen LogP contribution is -2.45. The summed E-state index contributed by atoms with van der Waals surface area (Å²) in [7, 11) is 0. The van der Waals surface area contributed by atoms with Gasteiger partial charge in [0.2, 0.25) is 0 Å². The van der Waals surface area contributed by atoms with Crippen LogP contribution in [0, 0.1) is 0 Å². The summed E-state index contributed by atoms with van der Waals surface area (Å²) in [5.74, 6) is 0.742. The molecule has 1 aromatic carbocycles. The highest BCUT2D eigenvalue weighted by Gasteiger charge is 2.32. The van der Waals surface area contributed by atoms with E-state index in [0.717, 1.165) is 11.3 Å². The molecule has 7 heteroatoms. The van der Waals surface area contributed by atoms with E-state index in [4.69, 9.17) is 13.9 Å². The van der Waals surface area contributed by atoms with Gasteiger partial charge < -0.3 is 24.5 Å². The van der Waals surface area contributed by atoms with Gasteiger partial charge in [-0.05, 0) is 43.7 Å². The van der Waals surface area contributed by atoms with Crippen LogP contribution < -0.4 is 15.4 Å². The predicted molar refractivity (Wildman–Crippen MR) is 93.2 cm³/mol. The molecule has 0 aliphatic carbocycles. The number of rotatable bonds is 6. The minimum atomic E-state index is -0.608. The van der Waals surface area contributed by atoms with Crippen molar-refractivity contribution in [2.24, 2.45) is 0 Å². The molecule has 2 aromatic rings. The second-order valence-corrected chi connectivity index (χ2v) is 5.73. The first-order chi connectivity index (χ1) is 12.6. The van der Waals surface area contributed by atoms with Crippen molar-refractivity contribution >= 4 is 12.0 Å². The van der Waals surface area contributed by atoms with E-state index in [0.29, 0.717) is 23.6 Å². The molecule has 0 radical (unpaired) electrons. The minimum Gasteiger partial charge on any atom is -0.494 e. The first-order valence-electron chi connectivity index (χ1n) is 8.29. The van der Waals surface area contributed by atoms with E-state index in [1.165, 1.54) is 6.26 Å². The molecule has 0 spiro atoms. The highest BCUT2D eigenvalue weighted by Crippen LogP contribution is 2.29. The van der Waals surface area contributed by atoms with Gasteiger partial charge in [0, 0.05) is 5.70 Å². The van der Waals surface area contributed by atoms with Crippen molar-refractivity contribution in [3.8, 4) is 5.75 Å². The lowest BCUT2D eigenvalue weighted by molar-refractivity contribution is -0.141. The van der Waals surface area contributed by atoms with Crippen molar-refractivity contribution in [1.29, 1.82) is 0 Å². The Hall–Kier alpha value is -3.22. The lowest BCUT2D eigenvalue weighted by Gasteiger charge is -2.28. The molecule has 1 aliphatic heterocycles. The van der Waals surface area contributed by atoms with Crippen molar-refractivity contribution in [2.45, 2.75) is 26.5 Å². The average molecular weight is 356 g/mol. The zero-order valence-corrected chi connectivity index (χ0v) is 14.6. The second-order valence-electron chi connectivity index (χ2n) is 5.73. The summed E-state index contributed by atoms with van der Waals surface area (Å²) >= 11 is 0. The van der Waals surface area contributed by atoms with E-state index in [9.17, 15) is 9.59 Å². The third kappa shape index (κ3) is 3.88. The van der Waals surface area contributed by atoms with Crippen LogP contribution in [0.4, 0.5) is 4.79 Å². The number of carbonyl (C=O) groups excluding carboxylic acids is 2. The quantitative estimate of drug-likeness (QED) is 0.777. The van der Waals surface area contributed by atoms with E-state index >= 15 is 0 Å². The third-order valence-corrected chi connectivity index (χ3v) is 3.94. The standard InChI is InChI=1S/C19H20N2O5/c1-3-24-14-8-6-13(7-9-14)17-16(12(2)20-19(23)21-17)18(22)26-11-15-5-4-10-25-15/h4-10,17H,3,11H2,1-2H3,(H2,20,21,23). The van der Waals surface area contributed by atoms with Crippen LogP contribution in [0.3, 0.4) is 0 Å². The van der Waals surface area contributed by atoms with Crippen LogP contribution in [0.25, 0.3) is 0 Å². The van der Waals surface area contributed by atoms with Crippen molar-refractivity contribution in [2.75, 3.05) is 6.61 Å². The molecule has 7 nitrogen and oxygen atoms in total. The Balaban J connectivity index is 1.82. The molecule has 1 atom stereocenters. The van der Waals surface area contributed by atoms with Gasteiger partial charge in [0.15, 0.2) is 0 Å². The van der Waals surface area contributed by atoms with Crippen LogP contribution in [0.5, 0.6) is 5.75 Å². The number of furan rings is 1. The molecule has 3 rings (SSSR count). The molecule has 0 saturated heterocycles. The van der Waals surface area contributed by atoms with Crippen molar-refractivity contribution in [3.05, 3.63) is 65.3 Å². The summed E-state index contributed by atoms with van der Waals surface area (Å²) in [6.45, 7) is 4.16. The molecular formula is C19H20N2O5. The second kappa shape index (κ2) is 7.77. The number of urea groups is 1. The van der Waals surface area contributed by atoms with E-state index in [1.807, 2.05) is 19.1 Å². The van der Waals surface area contributed by atoms with Gasteiger partial charge >= 0.3 is 12.0 Å². The molecule has 1 aromatic heterocycles. The molecular weight excluding hydrogens is 336 g/mol. The van der Waals surface area contributed by atoms with E-state index in [-0.39, 0.29) is 12.6 Å². The van der Waals surface area contributed by atoms with E-state index in [2.05, 4.69) is 10.6 Å². The summed E-state index contributed by atoms with van der Waals surface area (Å²) in [4.78, 5) is 24.5. The van der Waals surface area contributed by atoms with Gasteiger partial charge in [0.05, 0.1) is 24.5 Å². The normalized spacial score (nSPS) is 16.7. The number of nitrogens with one attached hydrogen (secondary N) is 2. The molecule has 26 heavy (non-hydrogen) atoms. The Morgan fingerprint density at radius 2 is 2.00 bits per heavy atom. The zero-order chi connectivity index (χ0) is 18.5. The van der Waals surface area contributed by atoms with Crippen LogP contribution in [-0.4, -0.2) is 18.6 Å². The van der Waals surface area contributed by atoms with Crippen LogP contribution in [0.2, 0.25) is 0 Å². The van der Waals surface area contributed by atoms with Crippen molar-refractivity contribution < 1.29 is 23.5 Å². The number of hydrogen-bond donors (Lipinski definition) is 2. The van der Waals surface area contributed by atoms with Crippen LogP contribution >= 0.6 is 0 Å². The Bertz CT molecular complexity index is 809. The molecule has 0 saturated carbocycles. The lowest BCUT2D eigenvalue weighted by atomic mass is 9.95.